The van der Waals surface area contributed by atoms with Crippen LogP contribution >= 0.6 is 0 Å². The van der Waals surface area contributed by atoms with Crippen LogP contribution in [0.5, 0.6) is 0 Å². The number of nitrogens with zero attached hydrogens (tertiary/aromatic N) is 2. The second-order valence-electron chi connectivity index (χ2n) is 4.83. The summed E-state index contributed by atoms with van der Waals surface area (Å²) in [6, 6.07) is 0. The normalized spacial score (nSPS) is 9.63. The Balaban J connectivity index is 2.19. The molecule has 0 spiro atoms. The minimum absolute atomic E-state index is 0.0236. The number of hydrogen-bond donors (Lipinski definition) is 5. The third kappa shape index (κ3) is 8.67. The molecule has 1 rings (SSSR count). The van der Waals surface area contributed by atoms with E-state index in [1.54, 1.807) is 0 Å². The molecule has 0 saturated carbocycles. The zero-order valence-electron chi connectivity index (χ0n) is 13.9. The predicted molar refractivity (Wildman–Crippen MR) is 86.0 cm³/mol. The molecule has 0 saturated heterocycles. The average molecular weight is 380 g/mol. The number of carbonyl (C=O) groups excluding carboxylic acids is 5. The summed E-state index contributed by atoms with van der Waals surface area (Å²) in [5, 5.41) is 17.0. The van der Waals surface area contributed by atoms with E-state index in [2.05, 4.69) is 25.9 Å². The molecule has 13 nitrogen and oxygen atoms in total. The van der Waals surface area contributed by atoms with Gasteiger partial charge in [-0.05, 0) is 0 Å². The molecule has 0 atom stereocenters. The molecule has 0 fully saturated rings. The van der Waals surface area contributed by atoms with Crippen LogP contribution in [0.3, 0.4) is 0 Å². The van der Waals surface area contributed by atoms with Crippen LogP contribution in [0.25, 0.3) is 0 Å². The average Bonchev–Trinajstić information content (AvgIpc) is 2.67. The molecule has 13 heteroatoms. The quantitative estimate of drug-likeness (QED) is 0.253. The first-order chi connectivity index (χ1) is 12.8. The van der Waals surface area contributed by atoms with Crippen molar-refractivity contribution in [1.82, 2.24) is 31.2 Å². The molecule has 4 amide bonds. The van der Waals surface area contributed by atoms with Gasteiger partial charge in [0, 0.05) is 12.4 Å². The topological polar surface area (TPSA) is 197 Å². The number of hydrogen-bond acceptors (Lipinski definition) is 8. The van der Waals surface area contributed by atoms with E-state index in [1.807, 2.05) is 5.32 Å². The van der Waals surface area contributed by atoms with Gasteiger partial charge >= 0.3 is 5.97 Å². The Morgan fingerprint density at radius 1 is 0.778 bits per heavy atom. The molecule has 0 aliphatic rings. The van der Waals surface area contributed by atoms with E-state index in [9.17, 15) is 28.8 Å². The van der Waals surface area contributed by atoms with Crippen molar-refractivity contribution in [3.05, 3.63) is 24.3 Å². The molecule has 0 unspecified atom stereocenters. The van der Waals surface area contributed by atoms with Gasteiger partial charge in [0.15, 0.2) is 0 Å². The summed E-state index contributed by atoms with van der Waals surface area (Å²) in [5.74, 6) is -5.64. The predicted octanol–water partition coefficient (Wildman–Crippen LogP) is -3.79. The summed E-state index contributed by atoms with van der Waals surface area (Å²) in [6.45, 7) is -2.07. The summed E-state index contributed by atoms with van der Waals surface area (Å²) in [4.78, 5) is 74.5. The van der Waals surface area contributed by atoms with Gasteiger partial charge in [0.2, 0.25) is 17.7 Å². The number of carbonyl (C=O) groups is 6. The summed E-state index contributed by atoms with van der Waals surface area (Å²) in [7, 11) is 0. The van der Waals surface area contributed by atoms with Crippen LogP contribution < -0.4 is 21.3 Å². The first kappa shape index (κ1) is 21.1. The molecule has 0 radical (unpaired) electrons. The number of nitrogens with one attached hydrogen (secondary N) is 4. The molecule has 0 bridgehead atoms. The Morgan fingerprint density at radius 2 is 1.30 bits per heavy atom. The van der Waals surface area contributed by atoms with Crippen molar-refractivity contribution in [1.29, 1.82) is 0 Å². The number of carboxylic acids is 1. The molecule has 5 N–H and O–H groups in total. The van der Waals surface area contributed by atoms with Crippen molar-refractivity contribution in [2.45, 2.75) is 0 Å². The summed E-state index contributed by atoms with van der Waals surface area (Å²) in [6.07, 6.45) is 3.91. The van der Waals surface area contributed by atoms with Crippen LogP contribution in [0.1, 0.15) is 10.5 Å². The van der Waals surface area contributed by atoms with Crippen molar-refractivity contribution in [2.75, 3.05) is 26.2 Å². The third-order valence-corrected chi connectivity index (χ3v) is 2.78. The Kier molecular flexibility index (Phi) is 8.50. The lowest BCUT2D eigenvalue weighted by Crippen LogP contribution is -2.45. The van der Waals surface area contributed by atoms with Crippen LogP contribution in [0, 0.1) is 0 Å². The molecule has 1 aromatic rings. The van der Waals surface area contributed by atoms with Gasteiger partial charge in [-0.3, -0.25) is 29.0 Å². The highest BCUT2D eigenvalue weighted by molar-refractivity contribution is 6.33. The van der Waals surface area contributed by atoms with Crippen molar-refractivity contribution in [3.8, 4) is 0 Å². The fourth-order valence-corrected chi connectivity index (χ4v) is 1.47. The van der Waals surface area contributed by atoms with E-state index in [0.29, 0.717) is 0 Å². The molecule has 144 valence electrons. The molecule has 0 aliphatic carbocycles. The summed E-state index contributed by atoms with van der Waals surface area (Å²) in [5.41, 5.74) is 0.0236. The maximum atomic E-state index is 11.6. The summed E-state index contributed by atoms with van der Waals surface area (Å²) >= 11 is 0. The van der Waals surface area contributed by atoms with Crippen LogP contribution in [0.15, 0.2) is 18.6 Å². The van der Waals surface area contributed by atoms with Crippen molar-refractivity contribution >= 4 is 35.4 Å². The van der Waals surface area contributed by atoms with Crippen LogP contribution in [0.4, 0.5) is 0 Å². The largest absolute Gasteiger partial charge is 0.475 e. The van der Waals surface area contributed by atoms with E-state index in [1.165, 1.54) is 18.6 Å². The number of carboxylic acid groups (broad SMARTS) is 1. The monoisotopic (exact) mass is 380 g/mol. The van der Waals surface area contributed by atoms with E-state index in [0.717, 1.165) is 0 Å². The van der Waals surface area contributed by atoms with E-state index < -0.39 is 61.6 Å². The smallest absolute Gasteiger partial charge is 0.374 e. The number of rotatable bonds is 10. The second kappa shape index (κ2) is 10.9. The van der Waals surface area contributed by atoms with Crippen molar-refractivity contribution in [3.63, 3.8) is 0 Å². The first-order valence-electron chi connectivity index (χ1n) is 7.40. The zero-order chi connectivity index (χ0) is 20.2. The van der Waals surface area contributed by atoms with Gasteiger partial charge in [-0.2, -0.15) is 0 Å². The molecular formula is C14H16N6O7. The number of amides is 4. The fraction of sp³-hybridized carbons (Fsp3) is 0.286. The van der Waals surface area contributed by atoms with Gasteiger partial charge < -0.3 is 26.4 Å². The van der Waals surface area contributed by atoms with Gasteiger partial charge in [-0.1, -0.05) is 0 Å². The highest BCUT2D eigenvalue weighted by atomic mass is 16.4. The Morgan fingerprint density at radius 3 is 1.78 bits per heavy atom. The maximum Gasteiger partial charge on any atom is 0.374 e. The third-order valence-electron chi connectivity index (χ3n) is 2.78. The zero-order valence-corrected chi connectivity index (χ0v) is 13.9. The van der Waals surface area contributed by atoms with E-state index in [4.69, 9.17) is 5.11 Å². The lowest BCUT2D eigenvalue weighted by molar-refractivity contribution is -0.148. The Labute approximate surface area is 151 Å². The Hall–Kier alpha value is -3.90. The maximum absolute atomic E-state index is 11.6. The fourth-order valence-electron chi connectivity index (χ4n) is 1.47. The molecule has 1 heterocycles. The number of ketones is 1. The van der Waals surface area contributed by atoms with Crippen LogP contribution in [0.2, 0.25) is 0 Å². The minimum Gasteiger partial charge on any atom is -0.475 e. The highest BCUT2D eigenvalue weighted by Crippen LogP contribution is 1.88. The standard InChI is InChI=1S/C14H16N6O7/c21-9(14(26)27)4-17-10(22)5-18-11(23)6-19-12(24)7-20-13(25)8-3-15-1-2-16-8/h1-3H,4-7H2,(H,17,22)(H,18,23)(H,19,24)(H,20,25)(H,26,27). The van der Waals surface area contributed by atoms with Gasteiger partial charge in [0.1, 0.15) is 5.69 Å². The first-order valence-corrected chi connectivity index (χ1v) is 7.40. The van der Waals surface area contributed by atoms with Gasteiger partial charge in [-0.25, -0.2) is 9.78 Å². The van der Waals surface area contributed by atoms with Crippen molar-refractivity contribution in [2.24, 2.45) is 0 Å². The van der Waals surface area contributed by atoms with Crippen LogP contribution in [-0.4, -0.2) is 76.6 Å². The molecule has 0 aromatic carbocycles. The lowest BCUT2D eigenvalue weighted by atomic mass is 10.4. The SMILES string of the molecule is O=C(CNC(=O)CNC(=O)c1cnccn1)NCC(=O)NCC(=O)C(=O)O. The second-order valence-corrected chi connectivity index (χ2v) is 4.83. The molecule has 27 heavy (non-hydrogen) atoms. The highest BCUT2D eigenvalue weighted by Gasteiger charge is 2.13. The minimum atomic E-state index is -1.69. The van der Waals surface area contributed by atoms with Gasteiger partial charge in [0.05, 0.1) is 32.4 Å². The van der Waals surface area contributed by atoms with Gasteiger partial charge in [0.25, 0.3) is 11.7 Å². The molecule has 1 aromatic heterocycles. The van der Waals surface area contributed by atoms with Crippen molar-refractivity contribution < 1.29 is 33.9 Å². The lowest BCUT2D eigenvalue weighted by Gasteiger charge is -2.08. The van der Waals surface area contributed by atoms with Gasteiger partial charge in [-0.15, -0.1) is 0 Å². The molecule has 0 aliphatic heterocycles. The molecular weight excluding hydrogens is 364 g/mol. The number of aromatic nitrogens is 2. The summed E-state index contributed by atoms with van der Waals surface area (Å²) < 4.78 is 0. The van der Waals surface area contributed by atoms with Crippen LogP contribution in [-0.2, 0) is 24.0 Å². The Bertz CT molecular complexity index is 737. The van der Waals surface area contributed by atoms with E-state index >= 15 is 0 Å². The number of aliphatic carboxylic acids is 1. The number of Topliss-reactive ketones (excluding diaryl/α,β-unsaturated/α-hetero) is 1. The van der Waals surface area contributed by atoms with E-state index in [-0.39, 0.29) is 5.69 Å².